The van der Waals surface area contributed by atoms with Crippen molar-refractivity contribution in [1.82, 2.24) is 0 Å². The molecule has 20 heavy (non-hydrogen) atoms. The standard InChI is InChI=1S/C16H25BO2S/c1-15(2)16(3,4)19-17(18-15)14-10-13(11-20-14)12-8-6-5-7-9-12/h10-12H,5-9H2,1-4H3. The molecule has 110 valence electrons. The molecule has 0 unspecified atom stereocenters. The van der Waals surface area contributed by atoms with E-state index in [2.05, 4.69) is 39.1 Å². The highest BCUT2D eigenvalue weighted by Gasteiger charge is 2.52. The summed E-state index contributed by atoms with van der Waals surface area (Å²) in [6.07, 6.45) is 6.86. The molecule has 1 aromatic heterocycles. The molecule has 0 atom stereocenters. The van der Waals surface area contributed by atoms with E-state index in [0.717, 1.165) is 5.92 Å². The van der Waals surface area contributed by atoms with Gasteiger partial charge in [0.2, 0.25) is 0 Å². The highest BCUT2D eigenvalue weighted by molar-refractivity contribution is 7.20. The molecule has 1 aromatic rings. The number of hydrogen-bond acceptors (Lipinski definition) is 3. The van der Waals surface area contributed by atoms with Gasteiger partial charge < -0.3 is 9.31 Å². The predicted octanol–water partition coefficient (Wildman–Crippen LogP) is 4.10. The molecule has 0 N–H and O–H groups in total. The maximum absolute atomic E-state index is 6.14. The lowest BCUT2D eigenvalue weighted by Gasteiger charge is -2.32. The van der Waals surface area contributed by atoms with E-state index in [9.17, 15) is 0 Å². The summed E-state index contributed by atoms with van der Waals surface area (Å²) in [5.41, 5.74) is 1.01. The Bertz CT molecular complexity index is 459. The highest BCUT2D eigenvalue weighted by atomic mass is 32.1. The van der Waals surface area contributed by atoms with Crippen LogP contribution < -0.4 is 4.78 Å². The van der Waals surface area contributed by atoms with Crippen LogP contribution in [0.1, 0.15) is 71.3 Å². The van der Waals surface area contributed by atoms with Crippen LogP contribution in [0.25, 0.3) is 0 Å². The van der Waals surface area contributed by atoms with Crippen LogP contribution in [0.15, 0.2) is 11.4 Å². The summed E-state index contributed by atoms with van der Waals surface area (Å²) in [6.45, 7) is 8.45. The van der Waals surface area contributed by atoms with Crippen molar-refractivity contribution in [3.63, 3.8) is 0 Å². The first-order valence-corrected chi connectivity index (χ1v) is 8.71. The number of hydrogen-bond donors (Lipinski definition) is 0. The fraction of sp³-hybridized carbons (Fsp3) is 0.750. The Balaban J connectivity index is 1.74. The van der Waals surface area contributed by atoms with Gasteiger partial charge in [-0.05, 0) is 63.5 Å². The lowest BCUT2D eigenvalue weighted by atomic mass is 9.82. The van der Waals surface area contributed by atoms with Gasteiger partial charge in [0.25, 0.3) is 0 Å². The number of rotatable bonds is 2. The Kier molecular flexibility index (Phi) is 3.76. The molecule has 2 nitrogen and oxygen atoms in total. The summed E-state index contributed by atoms with van der Waals surface area (Å²) in [6, 6.07) is 2.32. The second-order valence-corrected chi connectivity index (χ2v) is 8.15. The number of thiophene rings is 1. The molecular weight excluding hydrogens is 267 g/mol. The summed E-state index contributed by atoms with van der Waals surface area (Å²) < 4.78 is 13.5. The molecule has 1 aliphatic heterocycles. The third kappa shape index (κ3) is 2.58. The van der Waals surface area contributed by atoms with Crippen molar-refractivity contribution in [2.45, 2.75) is 76.9 Å². The molecule has 0 spiro atoms. The minimum absolute atomic E-state index is 0.192. The minimum Gasteiger partial charge on any atom is -0.399 e. The first-order valence-electron chi connectivity index (χ1n) is 7.83. The second kappa shape index (κ2) is 5.15. The van der Waals surface area contributed by atoms with E-state index in [4.69, 9.17) is 9.31 Å². The summed E-state index contributed by atoms with van der Waals surface area (Å²) in [5, 5.41) is 2.32. The lowest BCUT2D eigenvalue weighted by Crippen LogP contribution is -2.41. The topological polar surface area (TPSA) is 18.5 Å². The van der Waals surface area contributed by atoms with Gasteiger partial charge in [0.15, 0.2) is 0 Å². The first-order chi connectivity index (χ1) is 9.39. The van der Waals surface area contributed by atoms with Gasteiger partial charge in [0.1, 0.15) is 0 Å². The Labute approximate surface area is 127 Å². The predicted molar refractivity (Wildman–Crippen MR) is 85.9 cm³/mol. The molecule has 2 aliphatic rings. The van der Waals surface area contributed by atoms with E-state index >= 15 is 0 Å². The van der Waals surface area contributed by atoms with Crippen LogP contribution in [0.5, 0.6) is 0 Å². The van der Waals surface area contributed by atoms with Gasteiger partial charge >= 0.3 is 7.12 Å². The maximum Gasteiger partial charge on any atom is 0.505 e. The molecule has 0 aromatic carbocycles. The van der Waals surface area contributed by atoms with E-state index in [0.29, 0.717) is 0 Å². The summed E-state index contributed by atoms with van der Waals surface area (Å²) in [5.74, 6) is 0.760. The fourth-order valence-electron chi connectivity index (χ4n) is 3.10. The largest absolute Gasteiger partial charge is 0.505 e. The molecule has 3 rings (SSSR count). The normalized spacial score (nSPS) is 26.1. The van der Waals surface area contributed by atoms with Crippen molar-refractivity contribution in [2.75, 3.05) is 0 Å². The van der Waals surface area contributed by atoms with Crippen molar-refractivity contribution in [2.24, 2.45) is 0 Å². The summed E-state index contributed by atoms with van der Waals surface area (Å²) in [7, 11) is -0.192. The molecule has 0 radical (unpaired) electrons. The van der Waals surface area contributed by atoms with E-state index in [1.165, 1.54) is 42.4 Å². The Hall–Kier alpha value is -0.315. The van der Waals surface area contributed by atoms with Crippen LogP contribution in [-0.4, -0.2) is 18.3 Å². The molecule has 2 fully saturated rings. The van der Waals surface area contributed by atoms with Gasteiger partial charge in [0.05, 0.1) is 11.2 Å². The molecule has 0 amide bonds. The molecule has 4 heteroatoms. The maximum atomic E-state index is 6.14. The van der Waals surface area contributed by atoms with E-state index < -0.39 is 0 Å². The molecule has 2 heterocycles. The van der Waals surface area contributed by atoms with E-state index in [1.807, 2.05) is 0 Å². The summed E-state index contributed by atoms with van der Waals surface area (Å²) >= 11 is 1.79. The smallest absolute Gasteiger partial charge is 0.399 e. The van der Waals surface area contributed by atoms with Crippen LogP contribution in [0.2, 0.25) is 0 Å². The van der Waals surface area contributed by atoms with Gasteiger partial charge in [-0.2, -0.15) is 11.3 Å². The lowest BCUT2D eigenvalue weighted by molar-refractivity contribution is 0.00578. The molecule has 1 aliphatic carbocycles. The Morgan fingerprint density at radius 2 is 1.65 bits per heavy atom. The highest BCUT2D eigenvalue weighted by Crippen LogP contribution is 2.38. The van der Waals surface area contributed by atoms with Crippen molar-refractivity contribution in [1.29, 1.82) is 0 Å². The molecule has 0 bridgehead atoms. The third-order valence-electron chi connectivity index (χ3n) is 5.20. The Morgan fingerprint density at radius 1 is 1.05 bits per heavy atom. The van der Waals surface area contributed by atoms with Crippen LogP contribution >= 0.6 is 11.3 Å². The van der Waals surface area contributed by atoms with Gasteiger partial charge in [-0.1, -0.05) is 19.3 Å². The van der Waals surface area contributed by atoms with Gasteiger partial charge in [0, 0.05) is 4.78 Å². The van der Waals surface area contributed by atoms with Gasteiger partial charge in [-0.25, -0.2) is 0 Å². The SMILES string of the molecule is CC1(C)OB(c2cc(C3CCCCC3)cs2)OC1(C)C. The van der Waals surface area contributed by atoms with E-state index in [-0.39, 0.29) is 18.3 Å². The first kappa shape index (κ1) is 14.6. The third-order valence-corrected chi connectivity index (χ3v) is 6.17. The average molecular weight is 292 g/mol. The van der Waals surface area contributed by atoms with Crippen molar-refractivity contribution in [3.05, 3.63) is 17.0 Å². The van der Waals surface area contributed by atoms with Crippen LogP contribution in [0.4, 0.5) is 0 Å². The molecule has 1 saturated carbocycles. The van der Waals surface area contributed by atoms with Crippen LogP contribution in [-0.2, 0) is 9.31 Å². The second-order valence-electron chi connectivity index (χ2n) is 7.21. The van der Waals surface area contributed by atoms with Gasteiger partial charge in [-0.3, -0.25) is 0 Å². The fourth-order valence-corrected chi connectivity index (χ4v) is 4.05. The Morgan fingerprint density at radius 3 is 2.25 bits per heavy atom. The quantitative estimate of drug-likeness (QED) is 0.764. The molecule has 1 saturated heterocycles. The van der Waals surface area contributed by atoms with Crippen molar-refractivity contribution >= 4 is 23.2 Å². The van der Waals surface area contributed by atoms with Crippen molar-refractivity contribution < 1.29 is 9.31 Å². The zero-order valence-electron chi connectivity index (χ0n) is 13.1. The van der Waals surface area contributed by atoms with E-state index in [1.54, 1.807) is 11.3 Å². The minimum atomic E-state index is -0.243. The van der Waals surface area contributed by atoms with Gasteiger partial charge in [-0.15, -0.1) is 0 Å². The summed E-state index contributed by atoms with van der Waals surface area (Å²) in [4.78, 5) is 0. The van der Waals surface area contributed by atoms with Crippen molar-refractivity contribution in [3.8, 4) is 0 Å². The zero-order valence-corrected chi connectivity index (χ0v) is 13.9. The monoisotopic (exact) mass is 292 g/mol. The van der Waals surface area contributed by atoms with Crippen LogP contribution in [0.3, 0.4) is 0 Å². The van der Waals surface area contributed by atoms with Crippen LogP contribution in [0, 0.1) is 0 Å². The zero-order chi connectivity index (χ0) is 14.4. The molecular formula is C16H25BO2S. The average Bonchev–Trinajstić information content (AvgIpc) is 2.94.